The highest BCUT2D eigenvalue weighted by Gasteiger charge is 2.22. The van der Waals surface area contributed by atoms with Crippen LogP contribution in [0.5, 0.6) is 0 Å². The van der Waals surface area contributed by atoms with Crippen LogP contribution in [0.4, 0.5) is 5.82 Å². The average molecular weight is 275 g/mol. The molecule has 1 atom stereocenters. The number of carboxylic acid groups (broad SMARTS) is 1. The highest BCUT2D eigenvalue weighted by Crippen LogP contribution is 2.23. The number of anilines is 1. The molecular formula is C15H21N3O2. The summed E-state index contributed by atoms with van der Waals surface area (Å²) in [6.07, 6.45) is 5.62. The van der Waals surface area contributed by atoms with Crippen molar-refractivity contribution >= 4 is 17.9 Å². The van der Waals surface area contributed by atoms with E-state index in [1.165, 1.54) is 0 Å². The number of hydrogen-bond acceptors (Lipinski definition) is 4. The summed E-state index contributed by atoms with van der Waals surface area (Å²) < 4.78 is 0. The summed E-state index contributed by atoms with van der Waals surface area (Å²) in [4.78, 5) is 19.7. The molecule has 0 radical (unpaired) electrons. The van der Waals surface area contributed by atoms with Crippen molar-refractivity contribution in [2.45, 2.75) is 19.4 Å². The molecule has 1 aromatic rings. The largest absolute Gasteiger partial charge is 0.478 e. The van der Waals surface area contributed by atoms with Crippen LogP contribution in [-0.4, -0.2) is 53.7 Å². The van der Waals surface area contributed by atoms with Crippen LogP contribution in [0.25, 0.3) is 6.08 Å². The van der Waals surface area contributed by atoms with Gasteiger partial charge in [-0.1, -0.05) is 0 Å². The Hall–Kier alpha value is -1.88. The molecule has 1 fully saturated rings. The van der Waals surface area contributed by atoms with E-state index < -0.39 is 5.97 Å². The molecule has 0 amide bonds. The monoisotopic (exact) mass is 275 g/mol. The lowest BCUT2D eigenvalue weighted by Gasteiger charge is -2.30. The van der Waals surface area contributed by atoms with Gasteiger partial charge in [-0.3, -0.25) is 0 Å². The fourth-order valence-electron chi connectivity index (χ4n) is 2.63. The average Bonchev–Trinajstić information content (AvgIpc) is 2.57. The third-order valence-corrected chi connectivity index (χ3v) is 3.54. The van der Waals surface area contributed by atoms with Gasteiger partial charge in [-0.25, -0.2) is 9.78 Å². The Balaban J connectivity index is 2.29. The molecule has 0 aliphatic carbocycles. The Bertz CT molecular complexity index is 502. The van der Waals surface area contributed by atoms with E-state index in [-0.39, 0.29) is 0 Å². The first-order valence-corrected chi connectivity index (χ1v) is 6.89. The number of pyridine rings is 1. The quantitative estimate of drug-likeness (QED) is 0.851. The van der Waals surface area contributed by atoms with Crippen molar-refractivity contribution in [1.29, 1.82) is 0 Å². The number of carbonyl (C=O) groups is 1. The molecular weight excluding hydrogens is 254 g/mol. The number of carboxylic acids is 1. The molecule has 0 saturated carbocycles. The fourth-order valence-corrected chi connectivity index (χ4v) is 2.63. The Kier molecular flexibility index (Phi) is 4.74. The second-order valence-electron chi connectivity index (χ2n) is 5.25. The summed E-state index contributed by atoms with van der Waals surface area (Å²) in [6.45, 7) is 5.18. The Morgan fingerprint density at radius 1 is 1.50 bits per heavy atom. The Labute approximate surface area is 119 Å². The molecule has 20 heavy (non-hydrogen) atoms. The van der Waals surface area contributed by atoms with Crippen LogP contribution in [0.1, 0.15) is 18.9 Å². The van der Waals surface area contributed by atoms with Gasteiger partial charge in [0, 0.05) is 37.0 Å². The zero-order valence-electron chi connectivity index (χ0n) is 12.0. The van der Waals surface area contributed by atoms with Crippen LogP contribution in [0, 0.1) is 0 Å². The maximum Gasteiger partial charge on any atom is 0.328 e. The van der Waals surface area contributed by atoms with Crippen molar-refractivity contribution in [3.05, 3.63) is 30.0 Å². The van der Waals surface area contributed by atoms with Gasteiger partial charge in [0.15, 0.2) is 0 Å². The zero-order valence-corrected chi connectivity index (χ0v) is 12.0. The second-order valence-corrected chi connectivity index (χ2v) is 5.25. The SMILES string of the molecule is CC1CN(C)CCCN1c1ncccc1/C=C/C(=O)O. The molecule has 1 aliphatic rings. The molecule has 1 N–H and O–H groups in total. The van der Waals surface area contributed by atoms with Gasteiger partial charge in [0.2, 0.25) is 0 Å². The van der Waals surface area contributed by atoms with Crippen molar-refractivity contribution in [2.24, 2.45) is 0 Å². The summed E-state index contributed by atoms with van der Waals surface area (Å²) in [5, 5.41) is 8.78. The van der Waals surface area contributed by atoms with E-state index in [0.29, 0.717) is 6.04 Å². The molecule has 2 rings (SSSR count). The predicted molar refractivity (Wildman–Crippen MR) is 79.8 cm³/mol. The van der Waals surface area contributed by atoms with Crippen molar-refractivity contribution in [1.82, 2.24) is 9.88 Å². The van der Waals surface area contributed by atoms with Crippen LogP contribution in [0.2, 0.25) is 0 Å². The van der Waals surface area contributed by atoms with E-state index in [4.69, 9.17) is 5.11 Å². The molecule has 108 valence electrons. The fraction of sp³-hybridized carbons (Fsp3) is 0.467. The van der Waals surface area contributed by atoms with Gasteiger partial charge in [0.1, 0.15) is 5.82 Å². The molecule has 5 heteroatoms. The summed E-state index contributed by atoms with van der Waals surface area (Å²) in [6, 6.07) is 4.09. The van der Waals surface area contributed by atoms with Crippen molar-refractivity contribution in [2.75, 3.05) is 31.6 Å². The number of hydrogen-bond donors (Lipinski definition) is 1. The van der Waals surface area contributed by atoms with Crippen molar-refractivity contribution in [3.63, 3.8) is 0 Å². The van der Waals surface area contributed by atoms with Gasteiger partial charge in [-0.15, -0.1) is 0 Å². The van der Waals surface area contributed by atoms with Crippen LogP contribution >= 0.6 is 0 Å². The lowest BCUT2D eigenvalue weighted by molar-refractivity contribution is -0.131. The van der Waals surface area contributed by atoms with E-state index in [2.05, 4.69) is 28.8 Å². The first kappa shape index (κ1) is 14.5. The second kappa shape index (κ2) is 6.52. The van der Waals surface area contributed by atoms with Gasteiger partial charge in [0.25, 0.3) is 0 Å². The number of aliphatic carboxylic acids is 1. The molecule has 1 aliphatic heterocycles. The first-order valence-electron chi connectivity index (χ1n) is 6.89. The topological polar surface area (TPSA) is 56.7 Å². The standard InChI is InChI=1S/C15H21N3O2/c1-12-11-17(2)9-4-10-18(12)15-13(5-3-8-16-15)6-7-14(19)20/h3,5-8,12H,4,9-11H2,1-2H3,(H,19,20)/b7-6+. The van der Waals surface area contributed by atoms with Gasteiger partial charge in [-0.2, -0.15) is 0 Å². The van der Waals surface area contributed by atoms with E-state index in [0.717, 1.165) is 43.5 Å². The molecule has 0 bridgehead atoms. The molecule has 1 saturated heterocycles. The summed E-state index contributed by atoms with van der Waals surface area (Å²) >= 11 is 0. The number of aromatic nitrogens is 1. The van der Waals surface area contributed by atoms with Crippen LogP contribution in [0.15, 0.2) is 24.4 Å². The lowest BCUT2D eigenvalue weighted by atomic mass is 10.2. The third-order valence-electron chi connectivity index (χ3n) is 3.54. The first-order chi connectivity index (χ1) is 9.58. The summed E-state index contributed by atoms with van der Waals surface area (Å²) in [5.41, 5.74) is 0.853. The van der Waals surface area contributed by atoms with Crippen molar-refractivity contribution < 1.29 is 9.90 Å². The number of rotatable bonds is 3. The normalized spacial score (nSPS) is 21.1. The number of likely N-dealkylation sites (N-methyl/N-ethyl adjacent to an activating group) is 1. The van der Waals surface area contributed by atoms with Crippen LogP contribution < -0.4 is 4.90 Å². The molecule has 5 nitrogen and oxygen atoms in total. The van der Waals surface area contributed by atoms with E-state index in [9.17, 15) is 4.79 Å². The van der Waals surface area contributed by atoms with E-state index in [1.807, 2.05) is 12.1 Å². The zero-order chi connectivity index (χ0) is 14.5. The van der Waals surface area contributed by atoms with Gasteiger partial charge in [-0.05, 0) is 45.1 Å². The smallest absolute Gasteiger partial charge is 0.328 e. The van der Waals surface area contributed by atoms with Gasteiger partial charge in [0.05, 0.1) is 0 Å². The number of nitrogens with zero attached hydrogens (tertiary/aromatic N) is 3. The molecule has 1 unspecified atom stereocenters. The highest BCUT2D eigenvalue weighted by molar-refractivity contribution is 5.86. The van der Waals surface area contributed by atoms with Gasteiger partial charge < -0.3 is 14.9 Å². The minimum atomic E-state index is -0.941. The summed E-state index contributed by atoms with van der Waals surface area (Å²) in [5.74, 6) is -0.0729. The predicted octanol–water partition coefficient (Wildman–Crippen LogP) is 1.71. The molecule has 0 aromatic carbocycles. The maximum absolute atomic E-state index is 10.7. The Morgan fingerprint density at radius 3 is 3.05 bits per heavy atom. The lowest BCUT2D eigenvalue weighted by Crippen LogP contribution is -2.38. The van der Waals surface area contributed by atoms with Crippen LogP contribution in [-0.2, 0) is 4.79 Å². The van der Waals surface area contributed by atoms with Gasteiger partial charge >= 0.3 is 5.97 Å². The van der Waals surface area contributed by atoms with E-state index >= 15 is 0 Å². The van der Waals surface area contributed by atoms with Crippen molar-refractivity contribution in [3.8, 4) is 0 Å². The molecule has 1 aromatic heterocycles. The minimum Gasteiger partial charge on any atom is -0.478 e. The maximum atomic E-state index is 10.7. The third kappa shape index (κ3) is 3.57. The minimum absolute atomic E-state index is 0.356. The molecule has 2 heterocycles. The van der Waals surface area contributed by atoms with E-state index in [1.54, 1.807) is 12.3 Å². The van der Waals surface area contributed by atoms with Crippen LogP contribution in [0.3, 0.4) is 0 Å². The highest BCUT2D eigenvalue weighted by atomic mass is 16.4. The Morgan fingerprint density at radius 2 is 2.30 bits per heavy atom. The summed E-state index contributed by atoms with van der Waals surface area (Å²) in [7, 11) is 2.13. The molecule has 0 spiro atoms.